The van der Waals surface area contributed by atoms with Gasteiger partial charge in [0.2, 0.25) is 0 Å². The van der Waals surface area contributed by atoms with Gasteiger partial charge in [0.1, 0.15) is 6.61 Å². The summed E-state index contributed by atoms with van der Waals surface area (Å²) in [7, 11) is 0. The van der Waals surface area contributed by atoms with Gasteiger partial charge in [-0.3, -0.25) is 0 Å². The van der Waals surface area contributed by atoms with Crippen LogP contribution in [0.25, 0.3) is 0 Å². The predicted molar refractivity (Wildman–Crippen MR) is 99.5 cm³/mol. The zero-order valence-corrected chi connectivity index (χ0v) is 15.7. The third-order valence-electron chi connectivity index (χ3n) is 4.93. The zero-order valence-electron chi connectivity index (χ0n) is 15.7. The van der Waals surface area contributed by atoms with Crippen LogP contribution in [0.5, 0.6) is 0 Å². The van der Waals surface area contributed by atoms with Crippen molar-refractivity contribution in [3.05, 3.63) is 6.61 Å². The lowest BCUT2D eigenvalue weighted by molar-refractivity contribution is -0.0598. The first-order valence-electron chi connectivity index (χ1n) is 10.5. The van der Waals surface area contributed by atoms with Crippen LogP contribution in [0.15, 0.2) is 0 Å². The van der Waals surface area contributed by atoms with E-state index in [4.69, 9.17) is 9.47 Å². The summed E-state index contributed by atoms with van der Waals surface area (Å²) in [5, 5.41) is 0. The fourth-order valence-corrected chi connectivity index (χ4v) is 3.36. The summed E-state index contributed by atoms with van der Waals surface area (Å²) < 4.78 is 10.9. The topological polar surface area (TPSA) is 18.5 Å². The molecule has 0 saturated carbocycles. The summed E-state index contributed by atoms with van der Waals surface area (Å²) >= 11 is 0. The lowest BCUT2D eigenvalue weighted by Crippen LogP contribution is -2.25. The molecule has 2 heteroatoms. The van der Waals surface area contributed by atoms with E-state index in [1.54, 1.807) is 6.61 Å². The second-order valence-electron chi connectivity index (χ2n) is 7.19. The van der Waals surface area contributed by atoms with Crippen molar-refractivity contribution in [2.45, 2.75) is 116 Å². The van der Waals surface area contributed by atoms with Gasteiger partial charge in [-0.1, -0.05) is 103 Å². The molecule has 0 aromatic heterocycles. The molecule has 1 aliphatic heterocycles. The summed E-state index contributed by atoms with van der Waals surface area (Å²) in [6.45, 7) is 5.49. The molecule has 1 fully saturated rings. The van der Waals surface area contributed by atoms with E-state index in [0.717, 1.165) is 6.61 Å². The van der Waals surface area contributed by atoms with Gasteiger partial charge in [0.15, 0.2) is 0 Å². The monoisotopic (exact) mass is 325 g/mol. The van der Waals surface area contributed by atoms with Gasteiger partial charge in [0.05, 0.1) is 19.3 Å². The molecule has 0 aromatic carbocycles. The minimum Gasteiger partial charge on any atom is -0.373 e. The molecular formula is C21H41O2. The predicted octanol–water partition coefficient (Wildman–Crippen LogP) is 6.83. The maximum atomic E-state index is 5.62. The SMILES string of the molecule is CCCCCCCCCCCCCCCCCC1CO[CH]CO1. The average Bonchev–Trinajstić information content (AvgIpc) is 2.59. The van der Waals surface area contributed by atoms with Crippen molar-refractivity contribution < 1.29 is 9.47 Å². The molecule has 0 bridgehead atoms. The molecular weight excluding hydrogens is 284 g/mol. The molecule has 1 atom stereocenters. The standard InChI is InChI=1S/C21H41O2/c1-2-3-4-5-6-7-8-9-10-11-12-13-14-15-16-17-21-20-22-18-19-23-21/h18,21H,2-17,19-20H2,1H3. The van der Waals surface area contributed by atoms with Crippen LogP contribution in [0.2, 0.25) is 0 Å². The first kappa shape index (κ1) is 21.0. The highest BCUT2D eigenvalue weighted by Crippen LogP contribution is 2.15. The average molecular weight is 326 g/mol. The van der Waals surface area contributed by atoms with Crippen molar-refractivity contribution in [3.63, 3.8) is 0 Å². The van der Waals surface area contributed by atoms with Crippen LogP contribution in [-0.2, 0) is 9.47 Å². The van der Waals surface area contributed by atoms with Gasteiger partial charge in [-0.15, -0.1) is 0 Å². The van der Waals surface area contributed by atoms with Crippen LogP contribution in [0.3, 0.4) is 0 Å². The molecule has 0 aliphatic carbocycles. The Morgan fingerprint density at radius 2 is 1.17 bits per heavy atom. The Kier molecular flexibility index (Phi) is 15.3. The summed E-state index contributed by atoms with van der Waals surface area (Å²) in [4.78, 5) is 0. The van der Waals surface area contributed by atoms with Crippen molar-refractivity contribution in [2.24, 2.45) is 0 Å². The Hall–Kier alpha value is -0.0800. The van der Waals surface area contributed by atoms with E-state index < -0.39 is 0 Å². The normalized spacial score (nSPS) is 18.4. The molecule has 1 heterocycles. The molecule has 137 valence electrons. The number of unbranched alkanes of at least 4 members (excludes halogenated alkanes) is 14. The smallest absolute Gasteiger partial charge is 0.109 e. The van der Waals surface area contributed by atoms with Crippen LogP contribution in [-0.4, -0.2) is 19.3 Å². The molecule has 0 N–H and O–H groups in total. The molecule has 1 unspecified atom stereocenters. The number of ether oxygens (including phenoxy) is 2. The summed E-state index contributed by atoms with van der Waals surface area (Å²) in [6.07, 6.45) is 22.9. The lowest BCUT2D eigenvalue weighted by atomic mass is 10.0. The fourth-order valence-electron chi connectivity index (χ4n) is 3.36. The number of hydrogen-bond donors (Lipinski definition) is 0. The Bertz CT molecular complexity index is 224. The number of rotatable bonds is 16. The minimum absolute atomic E-state index is 0.349. The molecule has 0 amide bonds. The molecule has 1 radical (unpaired) electrons. The molecule has 1 saturated heterocycles. The van der Waals surface area contributed by atoms with Gasteiger partial charge >= 0.3 is 0 Å². The zero-order chi connectivity index (χ0) is 16.4. The van der Waals surface area contributed by atoms with Crippen LogP contribution >= 0.6 is 0 Å². The Balaban J connectivity index is 1.67. The van der Waals surface area contributed by atoms with Crippen LogP contribution in [0, 0.1) is 6.61 Å². The van der Waals surface area contributed by atoms with Gasteiger partial charge in [-0.25, -0.2) is 0 Å². The van der Waals surface area contributed by atoms with E-state index in [2.05, 4.69) is 6.92 Å². The Labute approximate surface area is 145 Å². The molecule has 23 heavy (non-hydrogen) atoms. The maximum Gasteiger partial charge on any atom is 0.109 e. The molecule has 2 nitrogen and oxygen atoms in total. The highest BCUT2D eigenvalue weighted by molar-refractivity contribution is 4.65. The van der Waals surface area contributed by atoms with Crippen LogP contribution < -0.4 is 0 Å². The van der Waals surface area contributed by atoms with Crippen LogP contribution in [0.1, 0.15) is 110 Å². The lowest BCUT2D eigenvalue weighted by Gasteiger charge is -2.22. The van der Waals surface area contributed by atoms with Crippen molar-refractivity contribution >= 4 is 0 Å². The second kappa shape index (κ2) is 16.8. The van der Waals surface area contributed by atoms with Crippen molar-refractivity contribution in [2.75, 3.05) is 13.2 Å². The second-order valence-corrected chi connectivity index (χ2v) is 7.19. The fraction of sp³-hybridized carbons (Fsp3) is 0.952. The summed E-state index contributed by atoms with van der Waals surface area (Å²) in [6, 6.07) is 0. The Morgan fingerprint density at radius 3 is 1.61 bits per heavy atom. The van der Waals surface area contributed by atoms with Gasteiger partial charge in [0, 0.05) is 0 Å². The van der Waals surface area contributed by atoms with E-state index in [1.165, 1.54) is 103 Å². The summed E-state index contributed by atoms with van der Waals surface area (Å²) in [5.74, 6) is 0. The van der Waals surface area contributed by atoms with Crippen molar-refractivity contribution in [3.8, 4) is 0 Å². The highest BCUT2D eigenvalue weighted by Gasteiger charge is 2.13. The molecule has 0 aromatic rings. The molecule has 1 rings (SSSR count). The largest absolute Gasteiger partial charge is 0.373 e. The molecule has 1 aliphatic rings. The van der Waals surface area contributed by atoms with E-state index >= 15 is 0 Å². The first-order chi connectivity index (χ1) is 11.4. The van der Waals surface area contributed by atoms with Gasteiger partial charge in [-0.05, 0) is 6.42 Å². The minimum atomic E-state index is 0.349. The van der Waals surface area contributed by atoms with Gasteiger partial charge in [-0.2, -0.15) is 0 Å². The van der Waals surface area contributed by atoms with E-state index in [1.807, 2.05) is 0 Å². The quantitative estimate of drug-likeness (QED) is 0.290. The third kappa shape index (κ3) is 14.0. The molecule has 0 spiro atoms. The maximum absolute atomic E-state index is 5.62. The van der Waals surface area contributed by atoms with E-state index in [9.17, 15) is 0 Å². The summed E-state index contributed by atoms with van der Waals surface area (Å²) in [5.41, 5.74) is 0. The number of hydrogen-bond acceptors (Lipinski definition) is 2. The highest BCUT2D eigenvalue weighted by atomic mass is 16.6. The van der Waals surface area contributed by atoms with E-state index in [-0.39, 0.29) is 0 Å². The van der Waals surface area contributed by atoms with Crippen LogP contribution in [0.4, 0.5) is 0 Å². The Morgan fingerprint density at radius 1 is 0.696 bits per heavy atom. The van der Waals surface area contributed by atoms with Gasteiger partial charge in [0.25, 0.3) is 0 Å². The third-order valence-corrected chi connectivity index (χ3v) is 4.93. The van der Waals surface area contributed by atoms with Crippen molar-refractivity contribution in [1.29, 1.82) is 0 Å². The first-order valence-corrected chi connectivity index (χ1v) is 10.5. The van der Waals surface area contributed by atoms with Crippen molar-refractivity contribution in [1.82, 2.24) is 0 Å². The van der Waals surface area contributed by atoms with Gasteiger partial charge < -0.3 is 9.47 Å². The van der Waals surface area contributed by atoms with E-state index in [0.29, 0.717) is 12.7 Å².